The van der Waals surface area contributed by atoms with E-state index in [0.29, 0.717) is 0 Å². The Morgan fingerprint density at radius 1 is 1.43 bits per heavy atom. The molecule has 0 aliphatic carbocycles. The Kier molecular flexibility index (Phi) is 3.63. The predicted octanol–water partition coefficient (Wildman–Crippen LogP) is 1.12. The largest absolute Gasteiger partial charge is 0.330 e. The summed E-state index contributed by atoms with van der Waals surface area (Å²) in [6.45, 7) is 5.09. The Morgan fingerprint density at radius 3 is 2.43 bits per heavy atom. The molecule has 4 nitrogen and oxygen atoms in total. The third-order valence-electron chi connectivity index (χ3n) is 3.14. The molecule has 80 valence electrons. The lowest BCUT2D eigenvalue weighted by atomic mass is 9.78. The van der Waals surface area contributed by atoms with Gasteiger partial charge < -0.3 is 5.73 Å². The number of aryl methyl sites for hydroxylation is 1. The maximum absolute atomic E-state index is 5.83. The SMILES string of the molecule is CCC(CC)(CN)Cc1cn(C)nn1. The van der Waals surface area contributed by atoms with Gasteiger partial charge in [0.05, 0.1) is 5.69 Å². The molecule has 0 unspecified atom stereocenters. The van der Waals surface area contributed by atoms with Gasteiger partial charge in [0.1, 0.15) is 0 Å². The molecule has 0 saturated heterocycles. The lowest BCUT2D eigenvalue weighted by molar-refractivity contribution is 0.268. The van der Waals surface area contributed by atoms with Gasteiger partial charge in [-0.25, -0.2) is 0 Å². The minimum absolute atomic E-state index is 0.204. The fraction of sp³-hybridized carbons (Fsp3) is 0.800. The van der Waals surface area contributed by atoms with E-state index >= 15 is 0 Å². The van der Waals surface area contributed by atoms with Gasteiger partial charge >= 0.3 is 0 Å². The Hall–Kier alpha value is -0.900. The molecule has 1 heterocycles. The standard InChI is InChI=1S/C10H20N4/c1-4-10(5-2,8-11)6-9-7-14(3)13-12-9/h7H,4-6,8,11H2,1-3H3. The minimum Gasteiger partial charge on any atom is -0.330 e. The van der Waals surface area contributed by atoms with E-state index in [1.54, 1.807) is 4.68 Å². The topological polar surface area (TPSA) is 56.7 Å². The van der Waals surface area contributed by atoms with Crippen molar-refractivity contribution >= 4 is 0 Å². The first-order chi connectivity index (χ1) is 6.65. The average molecular weight is 196 g/mol. The summed E-state index contributed by atoms with van der Waals surface area (Å²) in [5.74, 6) is 0. The molecular weight excluding hydrogens is 176 g/mol. The molecule has 4 heteroatoms. The van der Waals surface area contributed by atoms with Crippen molar-refractivity contribution in [2.75, 3.05) is 6.54 Å². The highest BCUT2D eigenvalue weighted by Gasteiger charge is 2.25. The van der Waals surface area contributed by atoms with Gasteiger partial charge in [0, 0.05) is 13.2 Å². The van der Waals surface area contributed by atoms with Crippen LogP contribution in [0, 0.1) is 5.41 Å². The van der Waals surface area contributed by atoms with Crippen molar-refractivity contribution in [1.82, 2.24) is 15.0 Å². The summed E-state index contributed by atoms with van der Waals surface area (Å²) in [5.41, 5.74) is 7.08. The van der Waals surface area contributed by atoms with Gasteiger partial charge in [0.25, 0.3) is 0 Å². The minimum atomic E-state index is 0.204. The van der Waals surface area contributed by atoms with E-state index in [2.05, 4.69) is 24.2 Å². The summed E-state index contributed by atoms with van der Waals surface area (Å²) in [6.07, 6.45) is 5.09. The highest BCUT2D eigenvalue weighted by molar-refractivity contribution is 4.98. The first-order valence-corrected chi connectivity index (χ1v) is 5.21. The molecule has 0 aliphatic heterocycles. The van der Waals surface area contributed by atoms with Gasteiger partial charge in [-0.1, -0.05) is 19.1 Å². The van der Waals surface area contributed by atoms with Crippen molar-refractivity contribution in [3.05, 3.63) is 11.9 Å². The summed E-state index contributed by atoms with van der Waals surface area (Å²) >= 11 is 0. The molecule has 0 atom stereocenters. The molecule has 0 aliphatic rings. The van der Waals surface area contributed by atoms with Crippen LogP contribution in [0.2, 0.25) is 0 Å². The number of aromatic nitrogens is 3. The highest BCUT2D eigenvalue weighted by atomic mass is 15.4. The van der Waals surface area contributed by atoms with E-state index in [1.165, 1.54) is 0 Å². The average Bonchev–Trinajstić information content (AvgIpc) is 2.61. The number of nitrogens with zero attached hydrogens (tertiary/aromatic N) is 3. The van der Waals surface area contributed by atoms with E-state index in [1.807, 2.05) is 13.2 Å². The maximum Gasteiger partial charge on any atom is 0.0833 e. The lowest BCUT2D eigenvalue weighted by Gasteiger charge is -2.28. The molecule has 14 heavy (non-hydrogen) atoms. The van der Waals surface area contributed by atoms with E-state index in [0.717, 1.165) is 31.5 Å². The van der Waals surface area contributed by atoms with Crippen LogP contribution in [-0.4, -0.2) is 21.5 Å². The predicted molar refractivity (Wildman–Crippen MR) is 56.8 cm³/mol. The van der Waals surface area contributed by atoms with Crippen molar-refractivity contribution in [3.63, 3.8) is 0 Å². The molecule has 1 aromatic rings. The number of hydrogen-bond donors (Lipinski definition) is 1. The summed E-state index contributed by atoms with van der Waals surface area (Å²) in [7, 11) is 1.89. The van der Waals surface area contributed by atoms with Crippen molar-refractivity contribution in [2.45, 2.75) is 33.1 Å². The van der Waals surface area contributed by atoms with Crippen LogP contribution in [0.4, 0.5) is 0 Å². The monoisotopic (exact) mass is 196 g/mol. The van der Waals surface area contributed by atoms with Crippen LogP contribution in [-0.2, 0) is 13.5 Å². The van der Waals surface area contributed by atoms with E-state index in [-0.39, 0.29) is 5.41 Å². The number of hydrogen-bond acceptors (Lipinski definition) is 3. The fourth-order valence-electron chi connectivity index (χ4n) is 1.72. The van der Waals surface area contributed by atoms with Gasteiger partial charge in [-0.05, 0) is 31.2 Å². The van der Waals surface area contributed by atoms with Crippen LogP contribution >= 0.6 is 0 Å². The Labute approximate surface area is 85.5 Å². The molecule has 0 aromatic carbocycles. The van der Waals surface area contributed by atoms with Gasteiger partial charge in [0.15, 0.2) is 0 Å². The van der Waals surface area contributed by atoms with Gasteiger partial charge in [0.2, 0.25) is 0 Å². The van der Waals surface area contributed by atoms with Crippen LogP contribution in [0.1, 0.15) is 32.4 Å². The van der Waals surface area contributed by atoms with Gasteiger partial charge in [-0.2, -0.15) is 0 Å². The zero-order valence-electron chi connectivity index (χ0n) is 9.32. The van der Waals surface area contributed by atoms with Gasteiger partial charge in [-0.15, -0.1) is 5.10 Å². The van der Waals surface area contributed by atoms with Crippen LogP contribution in [0.3, 0.4) is 0 Å². The smallest absolute Gasteiger partial charge is 0.0833 e. The molecule has 0 bridgehead atoms. The highest BCUT2D eigenvalue weighted by Crippen LogP contribution is 2.28. The molecule has 2 N–H and O–H groups in total. The second kappa shape index (κ2) is 4.55. The van der Waals surface area contributed by atoms with Crippen LogP contribution in [0.5, 0.6) is 0 Å². The second-order valence-electron chi connectivity index (χ2n) is 3.97. The first-order valence-electron chi connectivity index (χ1n) is 5.21. The molecule has 0 fully saturated rings. The van der Waals surface area contributed by atoms with Crippen LogP contribution in [0.25, 0.3) is 0 Å². The second-order valence-corrected chi connectivity index (χ2v) is 3.97. The summed E-state index contributed by atoms with van der Waals surface area (Å²) in [5, 5.41) is 8.03. The molecule has 0 saturated carbocycles. The molecule has 1 aromatic heterocycles. The molecular formula is C10H20N4. The summed E-state index contributed by atoms with van der Waals surface area (Å²) in [4.78, 5) is 0. The normalized spacial score (nSPS) is 12.0. The molecule has 1 rings (SSSR count). The van der Waals surface area contributed by atoms with Crippen LogP contribution < -0.4 is 5.73 Å². The van der Waals surface area contributed by atoms with E-state index < -0.39 is 0 Å². The zero-order valence-corrected chi connectivity index (χ0v) is 9.32. The molecule has 0 spiro atoms. The van der Waals surface area contributed by atoms with E-state index in [4.69, 9.17) is 5.73 Å². The quantitative estimate of drug-likeness (QED) is 0.768. The Bertz CT molecular complexity index is 267. The van der Waals surface area contributed by atoms with E-state index in [9.17, 15) is 0 Å². The summed E-state index contributed by atoms with van der Waals surface area (Å²) < 4.78 is 1.74. The number of nitrogens with two attached hydrogens (primary N) is 1. The van der Waals surface area contributed by atoms with Crippen molar-refractivity contribution in [3.8, 4) is 0 Å². The Balaban J connectivity index is 2.73. The third-order valence-corrected chi connectivity index (χ3v) is 3.14. The van der Waals surface area contributed by atoms with Crippen molar-refractivity contribution in [2.24, 2.45) is 18.2 Å². The third kappa shape index (κ3) is 2.32. The van der Waals surface area contributed by atoms with Crippen LogP contribution in [0.15, 0.2) is 6.20 Å². The fourth-order valence-corrected chi connectivity index (χ4v) is 1.72. The zero-order chi connectivity index (χ0) is 10.6. The molecule has 0 radical (unpaired) electrons. The Morgan fingerprint density at radius 2 is 2.07 bits per heavy atom. The molecule has 0 amide bonds. The lowest BCUT2D eigenvalue weighted by Crippen LogP contribution is -2.31. The first kappa shape index (κ1) is 11.2. The van der Waals surface area contributed by atoms with Gasteiger partial charge in [-0.3, -0.25) is 4.68 Å². The maximum atomic E-state index is 5.83. The van der Waals surface area contributed by atoms with Crippen molar-refractivity contribution < 1.29 is 0 Å². The van der Waals surface area contributed by atoms with Crippen molar-refractivity contribution in [1.29, 1.82) is 0 Å². The summed E-state index contributed by atoms with van der Waals surface area (Å²) in [6, 6.07) is 0. The number of rotatable bonds is 5.